The van der Waals surface area contributed by atoms with Gasteiger partial charge in [0.25, 0.3) is 5.56 Å². The molecule has 0 aliphatic rings. The van der Waals surface area contributed by atoms with Crippen LogP contribution in [0, 0.1) is 5.82 Å². The summed E-state index contributed by atoms with van der Waals surface area (Å²) >= 11 is 11.2. The highest BCUT2D eigenvalue weighted by molar-refractivity contribution is 6.33. The van der Waals surface area contributed by atoms with Crippen LogP contribution in [0.2, 0.25) is 5.02 Å². The number of aromatic nitrogens is 2. The number of rotatable bonds is 7. The largest absolute Gasteiger partial charge is 0.460 e. The first-order valence-corrected chi connectivity index (χ1v) is 9.03. The van der Waals surface area contributed by atoms with Crippen molar-refractivity contribution in [3.8, 4) is 5.69 Å². The minimum Gasteiger partial charge on any atom is -0.460 e. The number of nitrogens with zero attached hydrogens (tertiary/aromatic N) is 2. The number of benzene rings is 1. The lowest BCUT2D eigenvalue weighted by atomic mass is 10.2. The van der Waals surface area contributed by atoms with E-state index in [4.69, 9.17) is 32.7 Å². The molecular weight excluding hydrogens is 475 g/mol. The Morgan fingerprint density at radius 2 is 1.94 bits per heavy atom. The highest BCUT2D eigenvalue weighted by Crippen LogP contribution is 2.28. The van der Waals surface area contributed by atoms with E-state index in [0.29, 0.717) is 16.9 Å². The van der Waals surface area contributed by atoms with Gasteiger partial charge in [-0.1, -0.05) is 11.6 Å². The predicted octanol–water partition coefficient (Wildman–Crippen LogP) is 2.96. The van der Waals surface area contributed by atoms with Gasteiger partial charge in [-0.2, -0.15) is 23.0 Å². The zero-order valence-corrected chi connectivity index (χ0v) is 16.9. The van der Waals surface area contributed by atoms with Crippen molar-refractivity contribution in [1.82, 2.24) is 9.78 Å². The Hall–Kier alpha value is -2.70. The van der Waals surface area contributed by atoms with Crippen LogP contribution >= 0.6 is 23.2 Å². The highest BCUT2D eigenvalue weighted by atomic mass is 35.5. The van der Waals surface area contributed by atoms with E-state index in [1.807, 2.05) is 0 Å². The number of esters is 2. The van der Waals surface area contributed by atoms with Gasteiger partial charge in [-0.25, -0.2) is 14.0 Å². The van der Waals surface area contributed by atoms with Crippen LogP contribution in [-0.4, -0.2) is 47.6 Å². The van der Waals surface area contributed by atoms with Crippen molar-refractivity contribution >= 4 is 35.1 Å². The molecule has 0 bridgehead atoms. The molecule has 8 nitrogen and oxygen atoms in total. The summed E-state index contributed by atoms with van der Waals surface area (Å²) in [4.78, 5) is 36.2. The standard InChI is InChI=1S/C17H12Cl2F4N2O6/c1-29-16(15(28)30-3-2-18)31-14(27)9-5-12(11(20)6-10(9)19)25-13(26)4-8(7-24-25)17(21,22)23/h4-7,16H,2-3H2,1H3. The molecule has 0 N–H and O–H groups in total. The topological polar surface area (TPSA) is 96.7 Å². The van der Waals surface area contributed by atoms with Crippen molar-refractivity contribution in [3.05, 3.63) is 56.7 Å². The lowest BCUT2D eigenvalue weighted by Crippen LogP contribution is -2.31. The maximum atomic E-state index is 14.3. The first-order chi connectivity index (χ1) is 14.5. The van der Waals surface area contributed by atoms with Gasteiger partial charge in [-0.3, -0.25) is 4.79 Å². The van der Waals surface area contributed by atoms with Gasteiger partial charge in [-0.15, -0.1) is 11.6 Å². The average Bonchev–Trinajstić information content (AvgIpc) is 2.69. The van der Waals surface area contributed by atoms with E-state index in [-0.39, 0.29) is 18.6 Å². The molecule has 0 fully saturated rings. The monoisotopic (exact) mass is 486 g/mol. The molecule has 1 aromatic heterocycles. The first-order valence-electron chi connectivity index (χ1n) is 8.12. The minimum atomic E-state index is -4.84. The van der Waals surface area contributed by atoms with Crippen LogP contribution < -0.4 is 5.56 Å². The lowest BCUT2D eigenvalue weighted by Gasteiger charge is -2.16. The molecule has 0 saturated carbocycles. The molecule has 2 rings (SSSR count). The van der Waals surface area contributed by atoms with E-state index in [1.54, 1.807) is 0 Å². The van der Waals surface area contributed by atoms with E-state index in [1.165, 1.54) is 0 Å². The molecule has 31 heavy (non-hydrogen) atoms. The molecule has 1 atom stereocenters. The molecule has 1 heterocycles. The second kappa shape index (κ2) is 10.1. The Bertz CT molecular complexity index is 1040. The molecule has 2 aromatic rings. The summed E-state index contributed by atoms with van der Waals surface area (Å²) in [7, 11) is 1.03. The molecule has 1 aromatic carbocycles. The molecular formula is C17H12Cl2F4N2O6. The molecule has 0 amide bonds. The normalized spacial score (nSPS) is 12.4. The van der Waals surface area contributed by atoms with Crippen LogP contribution in [-0.2, 0) is 25.2 Å². The molecule has 0 aliphatic carbocycles. The van der Waals surface area contributed by atoms with Crippen molar-refractivity contribution in [3.63, 3.8) is 0 Å². The zero-order valence-electron chi connectivity index (χ0n) is 15.4. The SMILES string of the molecule is COC(OC(=O)c1cc(-n2ncc(C(F)(F)F)cc2=O)c(F)cc1Cl)C(=O)OCCCl. The Kier molecular flexibility index (Phi) is 7.98. The molecule has 0 spiro atoms. The van der Waals surface area contributed by atoms with Crippen molar-refractivity contribution in [2.45, 2.75) is 12.5 Å². The molecule has 1 unspecified atom stereocenters. The second-order valence-electron chi connectivity index (χ2n) is 5.60. The van der Waals surface area contributed by atoms with Crippen molar-refractivity contribution < 1.29 is 41.4 Å². The van der Waals surface area contributed by atoms with Gasteiger partial charge in [0.15, 0.2) is 5.82 Å². The third-order valence-corrected chi connectivity index (χ3v) is 4.02. The van der Waals surface area contributed by atoms with Gasteiger partial charge in [-0.05, 0) is 12.1 Å². The predicted molar refractivity (Wildman–Crippen MR) is 97.7 cm³/mol. The number of alkyl halides is 4. The van der Waals surface area contributed by atoms with E-state index >= 15 is 0 Å². The van der Waals surface area contributed by atoms with Crippen LogP contribution in [0.25, 0.3) is 5.69 Å². The number of ether oxygens (including phenoxy) is 3. The molecule has 168 valence electrons. The summed E-state index contributed by atoms with van der Waals surface area (Å²) in [6, 6.07) is 1.54. The fraction of sp³-hybridized carbons (Fsp3) is 0.294. The average molecular weight is 487 g/mol. The molecule has 0 radical (unpaired) electrons. The first kappa shape index (κ1) is 24.6. The van der Waals surface area contributed by atoms with Crippen LogP contribution in [0.5, 0.6) is 0 Å². The highest BCUT2D eigenvalue weighted by Gasteiger charge is 2.32. The number of methoxy groups -OCH3 is 1. The summed E-state index contributed by atoms with van der Waals surface area (Å²) in [6.07, 6.45) is -6.35. The number of carbonyl (C=O) groups is 2. The minimum absolute atomic E-state index is 0.0296. The number of hydrogen-bond donors (Lipinski definition) is 0. The van der Waals surface area contributed by atoms with Crippen molar-refractivity contribution in [2.24, 2.45) is 0 Å². The van der Waals surface area contributed by atoms with Gasteiger partial charge >= 0.3 is 24.4 Å². The Morgan fingerprint density at radius 1 is 1.26 bits per heavy atom. The van der Waals surface area contributed by atoms with Gasteiger partial charge in [0.1, 0.15) is 12.3 Å². The summed E-state index contributed by atoms with van der Waals surface area (Å²) in [5, 5.41) is 2.81. The van der Waals surface area contributed by atoms with Gasteiger partial charge in [0.2, 0.25) is 0 Å². The maximum absolute atomic E-state index is 14.3. The van der Waals surface area contributed by atoms with Gasteiger partial charge < -0.3 is 14.2 Å². The van der Waals surface area contributed by atoms with E-state index in [9.17, 15) is 31.9 Å². The van der Waals surface area contributed by atoms with Crippen molar-refractivity contribution in [2.75, 3.05) is 19.6 Å². The van der Waals surface area contributed by atoms with Gasteiger partial charge in [0, 0.05) is 13.2 Å². The Labute approximate surface area is 181 Å². The summed E-state index contributed by atoms with van der Waals surface area (Å²) in [5.74, 6) is -3.56. The zero-order chi connectivity index (χ0) is 23.3. The summed E-state index contributed by atoms with van der Waals surface area (Å²) in [5.41, 5.74) is -3.89. The lowest BCUT2D eigenvalue weighted by molar-refractivity contribution is -0.178. The maximum Gasteiger partial charge on any atom is 0.418 e. The van der Waals surface area contributed by atoms with Gasteiger partial charge in [0.05, 0.1) is 28.2 Å². The van der Waals surface area contributed by atoms with E-state index < -0.39 is 57.6 Å². The molecule has 0 aliphatic heterocycles. The van der Waals surface area contributed by atoms with E-state index in [2.05, 4.69) is 9.84 Å². The third-order valence-electron chi connectivity index (χ3n) is 3.55. The quantitative estimate of drug-likeness (QED) is 0.257. The number of hydrogen-bond acceptors (Lipinski definition) is 7. The van der Waals surface area contributed by atoms with E-state index in [0.717, 1.165) is 13.2 Å². The van der Waals surface area contributed by atoms with Crippen LogP contribution in [0.3, 0.4) is 0 Å². The Balaban J connectivity index is 2.40. The number of halogens is 6. The Morgan fingerprint density at radius 3 is 2.48 bits per heavy atom. The van der Waals surface area contributed by atoms with Crippen LogP contribution in [0.4, 0.5) is 17.6 Å². The van der Waals surface area contributed by atoms with Crippen LogP contribution in [0.1, 0.15) is 15.9 Å². The van der Waals surface area contributed by atoms with Crippen LogP contribution in [0.15, 0.2) is 29.2 Å². The molecule has 0 saturated heterocycles. The summed E-state index contributed by atoms with van der Waals surface area (Å²) in [6.45, 7) is -0.193. The summed E-state index contributed by atoms with van der Waals surface area (Å²) < 4.78 is 66.9. The number of carbonyl (C=O) groups excluding carboxylic acids is 2. The molecule has 14 heteroatoms. The smallest absolute Gasteiger partial charge is 0.418 e. The van der Waals surface area contributed by atoms with Crippen molar-refractivity contribution in [1.29, 1.82) is 0 Å². The fourth-order valence-electron chi connectivity index (χ4n) is 2.16. The fourth-order valence-corrected chi connectivity index (χ4v) is 2.47. The third kappa shape index (κ3) is 5.93. The second-order valence-corrected chi connectivity index (χ2v) is 6.39.